The summed E-state index contributed by atoms with van der Waals surface area (Å²) in [4.78, 5) is 26.6. The molecule has 0 aromatic rings. The molecule has 0 spiro atoms. The molecular weight excluding hydrogens is 370 g/mol. The molecule has 0 atom stereocenters. The van der Waals surface area contributed by atoms with Gasteiger partial charge in [-0.3, -0.25) is 14.5 Å². The normalized spacial score (nSPS) is 25.2. The van der Waals surface area contributed by atoms with Crippen molar-refractivity contribution in [1.82, 2.24) is 26.2 Å². The Balaban J connectivity index is 1.63. The van der Waals surface area contributed by atoms with Crippen molar-refractivity contribution in [3.05, 3.63) is 12.7 Å². The molecule has 1 amide bonds. The molecule has 0 radical (unpaired) electrons. The molecule has 1 aliphatic carbocycles. The van der Waals surface area contributed by atoms with E-state index < -0.39 is 0 Å². The summed E-state index contributed by atoms with van der Waals surface area (Å²) in [6.07, 6.45) is 5.20. The van der Waals surface area contributed by atoms with Crippen molar-refractivity contribution >= 4 is 11.9 Å². The minimum absolute atomic E-state index is 0.000524. The lowest BCUT2D eigenvalue weighted by molar-refractivity contribution is -0.148. The van der Waals surface area contributed by atoms with Crippen LogP contribution >= 0.6 is 0 Å². The lowest BCUT2D eigenvalue weighted by Gasteiger charge is -2.28. The highest BCUT2D eigenvalue weighted by Crippen LogP contribution is 2.29. The Morgan fingerprint density at radius 1 is 0.966 bits per heavy atom. The van der Waals surface area contributed by atoms with E-state index in [0.717, 1.165) is 78.0 Å². The van der Waals surface area contributed by atoms with Crippen LogP contribution in [0.4, 0.5) is 0 Å². The van der Waals surface area contributed by atoms with Crippen LogP contribution in [0, 0.1) is 11.8 Å². The zero-order valence-electron chi connectivity index (χ0n) is 17.7. The second-order valence-electron chi connectivity index (χ2n) is 7.97. The average molecular weight is 410 g/mol. The van der Waals surface area contributed by atoms with Crippen molar-refractivity contribution in [3.63, 3.8) is 0 Å². The number of hydrogen-bond acceptors (Lipinski definition) is 7. The standard InChI is InChI=1S/C21H39N5O3/c1-2-15-29-21(28)19-5-3-18(4-6-19)16-25-20(27)17-26-13-11-23-9-7-22-8-10-24-12-14-26/h2,18-19,22-24H,1,3-17H2,(H,25,27). The minimum atomic E-state index is -0.110. The summed E-state index contributed by atoms with van der Waals surface area (Å²) in [6, 6.07) is 0. The number of carbonyl (C=O) groups excluding carboxylic acids is 2. The number of nitrogens with zero attached hydrogens (tertiary/aromatic N) is 1. The van der Waals surface area contributed by atoms with Crippen LogP contribution in [-0.4, -0.2) is 88.8 Å². The largest absolute Gasteiger partial charge is 0.461 e. The number of amides is 1. The van der Waals surface area contributed by atoms with Crippen LogP contribution < -0.4 is 21.3 Å². The predicted octanol–water partition coefficient (Wildman–Crippen LogP) is -0.277. The topological polar surface area (TPSA) is 94.7 Å². The number of carbonyl (C=O) groups is 2. The van der Waals surface area contributed by atoms with Crippen molar-refractivity contribution in [3.8, 4) is 0 Å². The summed E-state index contributed by atoms with van der Waals surface area (Å²) in [5.41, 5.74) is 0. The van der Waals surface area contributed by atoms with Gasteiger partial charge >= 0.3 is 5.97 Å². The summed E-state index contributed by atoms with van der Waals surface area (Å²) in [5, 5.41) is 13.3. The molecule has 0 bridgehead atoms. The van der Waals surface area contributed by atoms with E-state index in [0.29, 0.717) is 19.0 Å². The van der Waals surface area contributed by atoms with Crippen LogP contribution in [0.5, 0.6) is 0 Å². The Morgan fingerprint density at radius 3 is 2.14 bits per heavy atom. The van der Waals surface area contributed by atoms with Crippen LogP contribution in [-0.2, 0) is 14.3 Å². The Morgan fingerprint density at radius 2 is 1.55 bits per heavy atom. The van der Waals surface area contributed by atoms with Gasteiger partial charge in [-0.25, -0.2) is 0 Å². The van der Waals surface area contributed by atoms with E-state index in [9.17, 15) is 9.59 Å². The molecule has 2 rings (SSSR count). The molecule has 0 unspecified atom stereocenters. The first-order valence-electron chi connectivity index (χ1n) is 11.1. The van der Waals surface area contributed by atoms with Crippen molar-refractivity contribution in [2.24, 2.45) is 11.8 Å². The Bertz CT molecular complexity index is 483. The molecule has 1 saturated carbocycles. The molecule has 8 heteroatoms. The molecule has 1 aliphatic heterocycles. The predicted molar refractivity (Wildman–Crippen MR) is 115 cm³/mol. The number of nitrogens with one attached hydrogen (secondary N) is 4. The zero-order valence-corrected chi connectivity index (χ0v) is 17.7. The first kappa shape index (κ1) is 23.8. The van der Waals surface area contributed by atoms with Crippen molar-refractivity contribution < 1.29 is 14.3 Å². The van der Waals surface area contributed by atoms with Gasteiger partial charge in [-0.15, -0.1) is 0 Å². The first-order chi connectivity index (χ1) is 14.2. The third kappa shape index (κ3) is 10.2. The molecule has 0 aromatic heterocycles. The van der Waals surface area contributed by atoms with E-state index in [2.05, 4.69) is 32.7 Å². The highest BCUT2D eigenvalue weighted by molar-refractivity contribution is 5.78. The average Bonchev–Trinajstić information content (AvgIpc) is 2.73. The third-order valence-corrected chi connectivity index (χ3v) is 5.65. The highest BCUT2D eigenvalue weighted by Gasteiger charge is 2.27. The maximum absolute atomic E-state index is 12.4. The maximum Gasteiger partial charge on any atom is 0.309 e. The summed E-state index contributed by atoms with van der Waals surface area (Å²) in [5.74, 6) is 0.427. The lowest BCUT2D eigenvalue weighted by atomic mass is 9.82. The molecule has 0 aromatic carbocycles. The van der Waals surface area contributed by atoms with Gasteiger partial charge in [0.15, 0.2) is 0 Å². The molecule has 29 heavy (non-hydrogen) atoms. The third-order valence-electron chi connectivity index (χ3n) is 5.65. The van der Waals surface area contributed by atoms with Crippen LogP contribution in [0.1, 0.15) is 25.7 Å². The fourth-order valence-corrected chi connectivity index (χ4v) is 3.85. The van der Waals surface area contributed by atoms with Gasteiger partial charge in [0.25, 0.3) is 0 Å². The number of rotatable bonds is 7. The van der Waals surface area contributed by atoms with Crippen molar-refractivity contribution in [2.75, 3.05) is 72.1 Å². The van der Waals surface area contributed by atoms with Gasteiger partial charge in [0.05, 0.1) is 12.5 Å². The van der Waals surface area contributed by atoms with E-state index in [1.165, 1.54) is 0 Å². The molecule has 1 saturated heterocycles. The molecule has 166 valence electrons. The first-order valence-corrected chi connectivity index (χ1v) is 11.1. The van der Waals surface area contributed by atoms with Gasteiger partial charge in [0, 0.05) is 58.9 Å². The van der Waals surface area contributed by atoms with Gasteiger partial charge in [0.2, 0.25) is 5.91 Å². The molecule has 1 heterocycles. The molecule has 8 nitrogen and oxygen atoms in total. The van der Waals surface area contributed by atoms with Crippen molar-refractivity contribution in [2.45, 2.75) is 25.7 Å². The maximum atomic E-state index is 12.4. The summed E-state index contributed by atoms with van der Waals surface area (Å²) >= 11 is 0. The van der Waals surface area contributed by atoms with E-state index in [-0.39, 0.29) is 24.4 Å². The fourth-order valence-electron chi connectivity index (χ4n) is 3.85. The minimum Gasteiger partial charge on any atom is -0.461 e. The quantitative estimate of drug-likeness (QED) is 0.339. The Kier molecular flexibility index (Phi) is 11.9. The molecule has 2 fully saturated rings. The second-order valence-corrected chi connectivity index (χ2v) is 7.97. The second kappa shape index (κ2) is 14.5. The number of hydrogen-bond donors (Lipinski definition) is 4. The van der Waals surface area contributed by atoms with E-state index in [1.54, 1.807) is 6.08 Å². The van der Waals surface area contributed by atoms with Gasteiger partial charge in [0.1, 0.15) is 6.61 Å². The molecule has 2 aliphatic rings. The summed E-state index contributed by atoms with van der Waals surface area (Å²) in [6.45, 7) is 12.3. The summed E-state index contributed by atoms with van der Waals surface area (Å²) in [7, 11) is 0. The van der Waals surface area contributed by atoms with Crippen LogP contribution in [0.2, 0.25) is 0 Å². The number of esters is 1. The van der Waals surface area contributed by atoms with Gasteiger partial charge in [-0.05, 0) is 31.6 Å². The zero-order chi connectivity index (χ0) is 20.7. The molecule has 4 N–H and O–H groups in total. The smallest absolute Gasteiger partial charge is 0.309 e. The van der Waals surface area contributed by atoms with E-state index in [4.69, 9.17) is 4.74 Å². The Labute approximate surface area is 175 Å². The summed E-state index contributed by atoms with van der Waals surface area (Å²) < 4.78 is 5.15. The van der Waals surface area contributed by atoms with E-state index in [1.807, 2.05) is 0 Å². The lowest BCUT2D eigenvalue weighted by Crippen LogP contribution is -2.46. The van der Waals surface area contributed by atoms with Crippen molar-refractivity contribution in [1.29, 1.82) is 0 Å². The van der Waals surface area contributed by atoms with Gasteiger partial charge < -0.3 is 26.0 Å². The van der Waals surface area contributed by atoms with Gasteiger partial charge in [-0.1, -0.05) is 12.7 Å². The number of ether oxygens (including phenoxy) is 1. The fraction of sp³-hybridized carbons (Fsp3) is 0.810. The van der Waals surface area contributed by atoms with Crippen LogP contribution in [0.25, 0.3) is 0 Å². The van der Waals surface area contributed by atoms with E-state index >= 15 is 0 Å². The Hall–Kier alpha value is -1.48. The van der Waals surface area contributed by atoms with Crippen LogP contribution in [0.15, 0.2) is 12.7 Å². The van der Waals surface area contributed by atoms with Gasteiger partial charge in [-0.2, -0.15) is 0 Å². The van der Waals surface area contributed by atoms with Crippen LogP contribution in [0.3, 0.4) is 0 Å². The molecular formula is C21H39N5O3. The highest BCUT2D eigenvalue weighted by atomic mass is 16.5. The monoisotopic (exact) mass is 409 g/mol. The SMILES string of the molecule is C=CCOC(=O)C1CCC(CNC(=O)CN2CCNCCNCCNCC2)CC1.